The number of carbonyl (C=O) groups excluding carboxylic acids is 1. The molecule has 3 rings (SSSR count). The van der Waals surface area contributed by atoms with E-state index in [0.29, 0.717) is 24.2 Å². The van der Waals surface area contributed by atoms with E-state index >= 15 is 0 Å². The Morgan fingerprint density at radius 1 is 1.45 bits per heavy atom. The lowest BCUT2D eigenvalue weighted by molar-refractivity contribution is -0.128. The zero-order valence-corrected chi connectivity index (χ0v) is 12.3. The summed E-state index contributed by atoms with van der Waals surface area (Å²) < 4.78 is 0. The Morgan fingerprint density at radius 3 is 2.85 bits per heavy atom. The fraction of sp³-hybridized carbons (Fsp3) is 0.500. The number of guanidine groups is 1. The van der Waals surface area contributed by atoms with Crippen molar-refractivity contribution in [2.45, 2.75) is 38.1 Å². The molecule has 2 N–H and O–H groups in total. The van der Waals surface area contributed by atoms with Crippen LogP contribution in [0.5, 0.6) is 0 Å². The van der Waals surface area contributed by atoms with Gasteiger partial charge in [-0.05, 0) is 37.7 Å². The lowest BCUT2D eigenvalue weighted by atomic mass is 9.88. The van der Waals surface area contributed by atoms with Crippen LogP contribution in [-0.2, 0) is 4.79 Å². The van der Waals surface area contributed by atoms with Gasteiger partial charge in [0.15, 0.2) is 5.96 Å². The van der Waals surface area contributed by atoms with Gasteiger partial charge in [-0.2, -0.15) is 0 Å². The van der Waals surface area contributed by atoms with Gasteiger partial charge in [0.2, 0.25) is 5.91 Å². The average Bonchev–Trinajstić information content (AvgIpc) is 3.17. The largest absolute Gasteiger partial charge is 0.369 e. The summed E-state index contributed by atoms with van der Waals surface area (Å²) >= 11 is 0. The smallest absolute Gasteiger partial charge is 0.231 e. The van der Waals surface area contributed by atoms with E-state index in [-0.39, 0.29) is 11.4 Å². The monoisotopic (exact) mass is 271 g/mol. The van der Waals surface area contributed by atoms with Gasteiger partial charge < -0.3 is 5.73 Å². The summed E-state index contributed by atoms with van der Waals surface area (Å²) in [6, 6.07) is 8.61. The van der Waals surface area contributed by atoms with Gasteiger partial charge in [0.1, 0.15) is 0 Å². The number of hydrogen-bond donors (Lipinski definition) is 1. The van der Waals surface area contributed by atoms with Crippen LogP contribution in [0.4, 0.5) is 0 Å². The standard InChI is InChI=1S/C16H21N3O/c1-10-5-4-6-11(7-10)12-8-13(12)16(2)9-14(20)19(3)15(17)18-16/h4-7,12-13H,8-9H2,1-3H3,(H2,17,18)/t12-,13+,16-/m0/s1. The third-order valence-corrected chi connectivity index (χ3v) is 4.66. The van der Waals surface area contributed by atoms with E-state index in [1.807, 2.05) is 0 Å². The molecule has 2 aliphatic rings. The number of aliphatic imine (C=N–C) groups is 1. The molecule has 20 heavy (non-hydrogen) atoms. The first-order chi connectivity index (χ1) is 9.40. The topological polar surface area (TPSA) is 58.7 Å². The molecular weight excluding hydrogens is 250 g/mol. The SMILES string of the molecule is Cc1cccc([C@@H]2C[C@H]2[C@]2(C)CC(=O)N(C)C(N)=N2)c1. The first kappa shape index (κ1) is 13.2. The summed E-state index contributed by atoms with van der Waals surface area (Å²) in [6.07, 6.45) is 1.55. The first-order valence-electron chi connectivity index (χ1n) is 7.09. The quantitative estimate of drug-likeness (QED) is 0.894. The van der Waals surface area contributed by atoms with Gasteiger partial charge in [-0.1, -0.05) is 29.8 Å². The van der Waals surface area contributed by atoms with Crippen molar-refractivity contribution in [3.63, 3.8) is 0 Å². The minimum absolute atomic E-state index is 0.0647. The van der Waals surface area contributed by atoms with Crippen molar-refractivity contribution in [1.82, 2.24) is 4.90 Å². The molecule has 0 saturated heterocycles. The molecule has 3 atom stereocenters. The summed E-state index contributed by atoms with van der Waals surface area (Å²) in [7, 11) is 1.69. The average molecular weight is 271 g/mol. The van der Waals surface area contributed by atoms with Gasteiger partial charge in [0.25, 0.3) is 0 Å². The highest BCUT2D eigenvalue weighted by Crippen LogP contribution is 2.56. The van der Waals surface area contributed by atoms with Crippen LogP contribution in [0.1, 0.15) is 36.8 Å². The van der Waals surface area contributed by atoms with Crippen molar-refractivity contribution in [3.05, 3.63) is 35.4 Å². The summed E-state index contributed by atoms with van der Waals surface area (Å²) in [5.74, 6) is 1.33. The minimum Gasteiger partial charge on any atom is -0.369 e. The fourth-order valence-electron chi connectivity index (χ4n) is 3.29. The predicted molar refractivity (Wildman–Crippen MR) is 79.4 cm³/mol. The Bertz CT molecular complexity index is 595. The van der Waals surface area contributed by atoms with Crippen molar-refractivity contribution in [1.29, 1.82) is 0 Å². The molecule has 4 nitrogen and oxygen atoms in total. The normalized spacial score (nSPS) is 33.0. The van der Waals surface area contributed by atoms with Crippen molar-refractivity contribution in [2.75, 3.05) is 7.05 Å². The van der Waals surface area contributed by atoms with Crippen LogP contribution >= 0.6 is 0 Å². The number of rotatable bonds is 2. The van der Waals surface area contributed by atoms with Gasteiger partial charge in [-0.3, -0.25) is 9.69 Å². The summed E-state index contributed by atoms with van der Waals surface area (Å²) in [4.78, 5) is 18.1. The van der Waals surface area contributed by atoms with E-state index in [1.54, 1.807) is 7.05 Å². The molecule has 0 unspecified atom stereocenters. The molecular formula is C16H21N3O. The third kappa shape index (κ3) is 2.09. The lowest BCUT2D eigenvalue weighted by Gasteiger charge is -2.33. The van der Waals surface area contributed by atoms with E-state index in [9.17, 15) is 4.79 Å². The van der Waals surface area contributed by atoms with Crippen molar-refractivity contribution >= 4 is 11.9 Å². The van der Waals surface area contributed by atoms with E-state index in [1.165, 1.54) is 16.0 Å². The number of amides is 1. The number of aryl methyl sites for hydroxylation is 1. The molecule has 1 aliphatic carbocycles. The van der Waals surface area contributed by atoms with Crippen LogP contribution < -0.4 is 5.73 Å². The van der Waals surface area contributed by atoms with Gasteiger partial charge in [0, 0.05) is 7.05 Å². The Labute approximate surface area is 119 Å². The van der Waals surface area contributed by atoms with E-state index in [2.05, 4.69) is 43.1 Å². The molecule has 0 bridgehead atoms. The highest BCUT2D eigenvalue weighted by molar-refractivity contribution is 5.98. The molecule has 106 valence electrons. The van der Waals surface area contributed by atoms with Crippen LogP contribution in [-0.4, -0.2) is 29.4 Å². The zero-order chi connectivity index (χ0) is 14.5. The van der Waals surface area contributed by atoms with E-state index in [0.717, 1.165) is 6.42 Å². The molecule has 4 heteroatoms. The predicted octanol–water partition coefficient (Wildman–Crippen LogP) is 2.03. The highest BCUT2D eigenvalue weighted by Gasteiger charge is 2.53. The van der Waals surface area contributed by atoms with Crippen LogP contribution in [0.3, 0.4) is 0 Å². The summed E-state index contributed by atoms with van der Waals surface area (Å²) in [5, 5.41) is 0. The van der Waals surface area contributed by atoms with Crippen LogP contribution in [0.15, 0.2) is 29.3 Å². The minimum atomic E-state index is -0.345. The second kappa shape index (κ2) is 4.33. The highest BCUT2D eigenvalue weighted by atomic mass is 16.2. The Kier molecular flexibility index (Phi) is 2.85. The Morgan fingerprint density at radius 2 is 2.20 bits per heavy atom. The van der Waals surface area contributed by atoms with E-state index < -0.39 is 0 Å². The molecule has 1 fully saturated rings. The second-order valence-corrected chi connectivity index (χ2v) is 6.32. The molecule has 1 aromatic carbocycles. The number of nitrogens with two attached hydrogens (primary N) is 1. The number of hydrogen-bond acceptors (Lipinski definition) is 3. The maximum absolute atomic E-state index is 12.0. The lowest BCUT2D eigenvalue weighted by Crippen LogP contribution is -2.49. The molecule has 1 heterocycles. The fourth-order valence-corrected chi connectivity index (χ4v) is 3.29. The Balaban J connectivity index is 1.84. The molecule has 1 saturated carbocycles. The van der Waals surface area contributed by atoms with Gasteiger partial charge in [-0.25, -0.2) is 4.99 Å². The summed E-state index contributed by atoms with van der Waals surface area (Å²) in [6.45, 7) is 4.17. The zero-order valence-electron chi connectivity index (χ0n) is 12.3. The second-order valence-electron chi connectivity index (χ2n) is 6.32. The van der Waals surface area contributed by atoms with Crippen LogP contribution in [0.25, 0.3) is 0 Å². The van der Waals surface area contributed by atoms with E-state index in [4.69, 9.17) is 5.73 Å². The van der Waals surface area contributed by atoms with Crippen LogP contribution in [0, 0.1) is 12.8 Å². The number of carbonyl (C=O) groups is 1. The maximum atomic E-state index is 12.0. The van der Waals surface area contributed by atoms with Crippen molar-refractivity contribution < 1.29 is 4.79 Å². The van der Waals surface area contributed by atoms with Gasteiger partial charge in [0.05, 0.1) is 12.0 Å². The Hall–Kier alpha value is -1.84. The van der Waals surface area contributed by atoms with Gasteiger partial charge in [-0.15, -0.1) is 0 Å². The first-order valence-corrected chi connectivity index (χ1v) is 7.09. The van der Waals surface area contributed by atoms with Crippen molar-refractivity contribution in [2.24, 2.45) is 16.6 Å². The molecule has 0 spiro atoms. The molecule has 0 radical (unpaired) electrons. The van der Waals surface area contributed by atoms with Crippen LogP contribution in [0.2, 0.25) is 0 Å². The molecule has 1 aliphatic heterocycles. The summed E-state index contributed by atoms with van der Waals surface area (Å²) in [5.41, 5.74) is 8.16. The number of benzene rings is 1. The molecule has 0 aromatic heterocycles. The van der Waals surface area contributed by atoms with Crippen molar-refractivity contribution in [3.8, 4) is 0 Å². The third-order valence-electron chi connectivity index (χ3n) is 4.66. The number of nitrogens with zero attached hydrogens (tertiary/aromatic N) is 2. The molecule has 1 amide bonds. The van der Waals surface area contributed by atoms with Gasteiger partial charge >= 0.3 is 0 Å². The molecule has 1 aromatic rings. The maximum Gasteiger partial charge on any atom is 0.231 e.